The van der Waals surface area contributed by atoms with Crippen molar-refractivity contribution in [3.8, 4) is 11.5 Å². The number of hydrogen-bond donors (Lipinski definition) is 1. The van der Waals surface area contributed by atoms with E-state index in [1.807, 2.05) is 0 Å². The van der Waals surface area contributed by atoms with Crippen molar-refractivity contribution in [1.82, 2.24) is 4.90 Å². The van der Waals surface area contributed by atoms with Gasteiger partial charge in [0.15, 0.2) is 0 Å². The quantitative estimate of drug-likeness (QED) is 0.914. The van der Waals surface area contributed by atoms with Crippen LogP contribution in [-0.2, 0) is 4.74 Å². The maximum Gasteiger partial charge on any atom is 0.257 e. The van der Waals surface area contributed by atoms with E-state index in [9.17, 15) is 9.90 Å². The Morgan fingerprint density at radius 3 is 2.65 bits per heavy atom. The summed E-state index contributed by atoms with van der Waals surface area (Å²) < 4.78 is 10.2. The standard InChI is InChI=1S/C15H21NO4/c1-19-10-11-5-7-16(8-6-11)15(18)13-9-12(20-2)3-4-14(13)17/h3-4,9,11,17H,5-8,10H2,1-2H3. The first-order valence-electron chi connectivity index (χ1n) is 6.81. The number of rotatable bonds is 4. The number of ether oxygens (including phenoxy) is 2. The molecule has 2 rings (SSSR count). The van der Waals surface area contributed by atoms with Crippen LogP contribution in [-0.4, -0.2) is 49.8 Å². The minimum Gasteiger partial charge on any atom is -0.507 e. The van der Waals surface area contributed by atoms with E-state index in [0.29, 0.717) is 30.3 Å². The van der Waals surface area contributed by atoms with E-state index in [2.05, 4.69) is 0 Å². The lowest BCUT2D eigenvalue weighted by Crippen LogP contribution is -2.39. The Kier molecular flexibility index (Phi) is 4.84. The predicted octanol–water partition coefficient (Wildman–Crippen LogP) is 1.90. The molecule has 0 saturated carbocycles. The van der Waals surface area contributed by atoms with Gasteiger partial charge in [0.05, 0.1) is 12.7 Å². The first-order valence-corrected chi connectivity index (χ1v) is 6.81. The summed E-state index contributed by atoms with van der Waals surface area (Å²) in [7, 11) is 3.24. The van der Waals surface area contributed by atoms with Crippen LogP contribution in [0.15, 0.2) is 18.2 Å². The topological polar surface area (TPSA) is 59.0 Å². The van der Waals surface area contributed by atoms with Crippen LogP contribution in [0.5, 0.6) is 11.5 Å². The minimum absolute atomic E-state index is 0.00480. The highest BCUT2D eigenvalue weighted by Gasteiger charge is 2.25. The first kappa shape index (κ1) is 14.7. The number of phenolic OH excluding ortho intramolecular Hbond substituents is 1. The largest absolute Gasteiger partial charge is 0.507 e. The summed E-state index contributed by atoms with van der Waals surface area (Å²) in [5.41, 5.74) is 0.301. The van der Waals surface area contributed by atoms with Gasteiger partial charge in [0.1, 0.15) is 11.5 Å². The van der Waals surface area contributed by atoms with Crippen LogP contribution in [0.3, 0.4) is 0 Å². The lowest BCUT2D eigenvalue weighted by molar-refractivity contribution is 0.0610. The van der Waals surface area contributed by atoms with Crippen molar-refractivity contribution in [2.75, 3.05) is 33.9 Å². The number of piperidine rings is 1. The molecule has 0 radical (unpaired) electrons. The number of phenols is 1. The van der Waals surface area contributed by atoms with E-state index < -0.39 is 0 Å². The number of nitrogens with zero attached hydrogens (tertiary/aromatic N) is 1. The van der Waals surface area contributed by atoms with Gasteiger partial charge in [0, 0.05) is 26.8 Å². The molecule has 0 bridgehead atoms. The highest BCUT2D eigenvalue weighted by atomic mass is 16.5. The third-order valence-electron chi connectivity index (χ3n) is 3.74. The molecule has 5 heteroatoms. The Bertz CT molecular complexity index is 467. The van der Waals surface area contributed by atoms with Crippen molar-refractivity contribution in [3.05, 3.63) is 23.8 Å². The van der Waals surface area contributed by atoms with Crippen molar-refractivity contribution in [1.29, 1.82) is 0 Å². The zero-order chi connectivity index (χ0) is 14.5. The van der Waals surface area contributed by atoms with Gasteiger partial charge in [-0.3, -0.25) is 4.79 Å². The third-order valence-corrected chi connectivity index (χ3v) is 3.74. The molecule has 5 nitrogen and oxygen atoms in total. The monoisotopic (exact) mass is 279 g/mol. The summed E-state index contributed by atoms with van der Waals surface area (Å²) in [6, 6.07) is 4.71. The molecule has 1 aromatic carbocycles. The molecule has 1 saturated heterocycles. The van der Waals surface area contributed by atoms with Gasteiger partial charge in [-0.25, -0.2) is 0 Å². The molecule has 110 valence electrons. The zero-order valence-corrected chi connectivity index (χ0v) is 12.0. The van der Waals surface area contributed by atoms with E-state index in [1.54, 1.807) is 24.1 Å². The lowest BCUT2D eigenvalue weighted by Gasteiger charge is -2.31. The molecule has 20 heavy (non-hydrogen) atoms. The summed E-state index contributed by atoms with van der Waals surface area (Å²) in [6.45, 7) is 2.14. The third kappa shape index (κ3) is 3.22. The van der Waals surface area contributed by atoms with Crippen LogP contribution < -0.4 is 4.74 Å². The fraction of sp³-hybridized carbons (Fsp3) is 0.533. The van der Waals surface area contributed by atoms with E-state index in [4.69, 9.17) is 9.47 Å². The molecule has 1 N–H and O–H groups in total. The number of methoxy groups -OCH3 is 2. The van der Waals surface area contributed by atoms with E-state index in [-0.39, 0.29) is 11.7 Å². The summed E-state index contributed by atoms with van der Waals surface area (Å²) in [4.78, 5) is 14.2. The highest BCUT2D eigenvalue weighted by molar-refractivity contribution is 5.97. The van der Waals surface area contributed by atoms with Gasteiger partial charge < -0.3 is 19.5 Å². The number of hydrogen-bond acceptors (Lipinski definition) is 4. The van der Waals surface area contributed by atoms with Crippen molar-refractivity contribution in [3.63, 3.8) is 0 Å². The normalized spacial score (nSPS) is 16.2. The molecular weight excluding hydrogens is 258 g/mol. The zero-order valence-electron chi connectivity index (χ0n) is 12.0. The fourth-order valence-corrected chi connectivity index (χ4v) is 2.52. The molecule has 0 aliphatic carbocycles. The Balaban J connectivity index is 2.05. The van der Waals surface area contributed by atoms with E-state index >= 15 is 0 Å². The lowest BCUT2D eigenvalue weighted by atomic mass is 9.97. The molecule has 0 atom stereocenters. The van der Waals surface area contributed by atoms with Crippen molar-refractivity contribution in [2.24, 2.45) is 5.92 Å². The molecule has 0 spiro atoms. The highest BCUT2D eigenvalue weighted by Crippen LogP contribution is 2.26. The number of aromatic hydroxyl groups is 1. The molecule has 0 aromatic heterocycles. The van der Waals surface area contributed by atoms with E-state index in [1.165, 1.54) is 13.2 Å². The van der Waals surface area contributed by atoms with Crippen LogP contribution in [0.25, 0.3) is 0 Å². The molecule has 1 aliphatic heterocycles. The van der Waals surface area contributed by atoms with E-state index in [0.717, 1.165) is 19.4 Å². The van der Waals surface area contributed by atoms with Crippen LogP contribution >= 0.6 is 0 Å². The van der Waals surface area contributed by atoms with Gasteiger partial charge in [0.25, 0.3) is 5.91 Å². The summed E-state index contributed by atoms with van der Waals surface area (Å²) in [5, 5.41) is 9.84. The summed E-state index contributed by atoms with van der Waals surface area (Å²) in [5.74, 6) is 0.940. The number of carbonyl (C=O) groups is 1. The van der Waals surface area contributed by atoms with Crippen LogP contribution in [0, 0.1) is 5.92 Å². The van der Waals surface area contributed by atoms with Gasteiger partial charge in [0.2, 0.25) is 0 Å². The smallest absolute Gasteiger partial charge is 0.257 e. The molecule has 1 heterocycles. The van der Waals surface area contributed by atoms with Crippen molar-refractivity contribution in [2.45, 2.75) is 12.8 Å². The van der Waals surface area contributed by atoms with Crippen molar-refractivity contribution >= 4 is 5.91 Å². The molecule has 1 amide bonds. The number of amides is 1. The van der Waals surface area contributed by atoms with Gasteiger partial charge in [-0.15, -0.1) is 0 Å². The minimum atomic E-state index is -0.141. The maximum absolute atomic E-state index is 12.4. The van der Waals surface area contributed by atoms with Gasteiger partial charge in [-0.05, 0) is 37.0 Å². The molecule has 0 unspecified atom stereocenters. The summed E-state index contributed by atoms with van der Waals surface area (Å²) in [6.07, 6.45) is 1.87. The number of carbonyl (C=O) groups excluding carboxylic acids is 1. The predicted molar refractivity (Wildman–Crippen MR) is 75.2 cm³/mol. The van der Waals surface area contributed by atoms with Gasteiger partial charge in [-0.1, -0.05) is 0 Å². The Labute approximate surface area is 119 Å². The summed E-state index contributed by atoms with van der Waals surface area (Å²) >= 11 is 0. The first-order chi connectivity index (χ1) is 9.65. The van der Waals surface area contributed by atoms with Crippen molar-refractivity contribution < 1.29 is 19.4 Å². The molecule has 1 fully saturated rings. The maximum atomic E-state index is 12.4. The van der Waals surface area contributed by atoms with Crippen LogP contribution in [0.1, 0.15) is 23.2 Å². The van der Waals surface area contributed by atoms with Gasteiger partial charge in [-0.2, -0.15) is 0 Å². The number of benzene rings is 1. The Morgan fingerprint density at radius 2 is 2.05 bits per heavy atom. The number of likely N-dealkylation sites (tertiary alicyclic amines) is 1. The average Bonchev–Trinajstić information content (AvgIpc) is 2.48. The van der Waals surface area contributed by atoms with Gasteiger partial charge >= 0.3 is 0 Å². The Morgan fingerprint density at radius 1 is 1.35 bits per heavy atom. The molecule has 1 aromatic rings. The second-order valence-electron chi connectivity index (χ2n) is 5.07. The van der Waals surface area contributed by atoms with Crippen LogP contribution in [0.4, 0.5) is 0 Å². The van der Waals surface area contributed by atoms with Crippen LogP contribution in [0.2, 0.25) is 0 Å². The average molecular weight is 279 g/mol. The molecular formula is C15H21NO4. The second kappa shape index (κ2) is 6.61. The molecule has 1 aliphatic rings. The fourth-order valence-electron chi connectivity index (χ4n) is 2.52. The SMILES string of the molecule is COCC1CCN(C(=O)c2cc(OC)ccc2O)CC1. The Hall–Kier alpha value is -1.75. The second-order valence-corrected chi connectivity index (χ2v) is 5.07.